The first-order chi connectivity index (χ1) is 13.0. The number of carbonyl (C=O) groups is 1. The van der Waals surface area contributed by atoms with Crippen LogP contribution >= 0.6 is 11.6 Å². The molecule has 152 valence electrons. The largest absolute Gasteiger partial charge is 0.348 e. The molecule has 0 heterocycles. The van der Waals surface area contributed by atoms with Gasteiger partial charge in [-0.15, -0.1) is 0 Å². The maximum Gasteiger partial charge on any atom is 0.244 e. The molecule has 0 aromatic heterocycles. The third kappa shape index (κ3) is 5.26. The Morgan fingerprint density at radius 2 is 1.75 bits per heavy atom. The maximum atomic E-state index is 12.8. The Hall–Kier alpha value is -2.05. The van der Waals surface area contributed by atoms with E-state index in [1.165, 1.54) is 5.56 Å². The second kappa shape index (κ2) is 8.97. The number of hydrogen-bond donors (Lipinski definition) is 1. The highest BCUT2D eigenvalue weighted by atomic mass is 35.5. The van der Waals surface area contributed by atoms with Gasteiger partial charge in [-0.2, -0.15) is 0 Å². The summed E-state index contributed by atoms with van der Waals surface area (Å²) in [6, 6.07) is 11.8. The van der Waals surface area contributed by atoms with Gasteiger partial charge in [0.1, 0.15) is 6.04 Å². The van der Waals surface area contributed by atoms with E-state index in [-0.39, 0.29) is 11.9 Å². The number of amides is 1. The minimum absolute atomic E-state index is 0.246. The summed E-state index contributed by atoms with van der Waals surface area (Å²) in [7, 11) is -3.69. The Labute approximate surface area is 172 Å². The van der Waals surface area contributed by atoms with Crippen LogP contribution in [0, 0.1) is 6.92 Å². The highest BCUT2D eigenvalue weighted by molar-refractivity contribution is 7.92. The lowest BCUT2D eigenvalue weighted by atomic mass is 10.0. The van der Waals surface area contributed by atoms with Crippen molar-refractivity contribution in [2.45, 2.75) is 46.2 Å². The van der Waals surface area contributed by atoms with Gasteiger partial charge in [0.2, 0.25) is 15.9 Å². The third-order valence-electron chi connectivity index (χ3n) is 4.75. The highest BCUT2D eigenvalue weighted by Gasteiger charge is 2.30. The predicted octanol–water partition coefficient (Wildman–Crippen LogP) is 4.24. The molecule has 2 aromatic carbocycles. The minimum Gasteiger partial charge on any atom is -0.348 e. The molecule has 5 nitrogen and oxygen atoms in total. The van der Waals surface area contributed by atoms with Crippen LogP contribution in [0.2, 0.25) is 5.02 Å². The molecule has 0 bridgehead atoms. The third-order valence-corrected chi connectivity index (χ3v) is 6.39. The van der Waals surface area contributed by atoms with Crippen LogP contribution in [0.1, 0.15) is 43.5 Å². The number of hydrogen-bond acceptors (Lipinski definition) is 3. The number of nitrogens with zero attached hydrogens (tertiary/aromatic N) is 1. The molecule has 0 saturated carbocycles. The molecule has 2 atom stereocenters. The fourth-order valence-electron chi connectivity index (χ4n) is 2.99. The Kier molecular flexibility index (Phi) is 7.12. The van der Waals surface area contributed by atoms with Crippen molar-refractivity contribution < 1.29 is 13.2 Å². The summed E-state index contributed by atoms with van der Waals surface area (Å²) in [6.07, 6.45) is 2.03. The van der Waals surface area contributed by atoms with Crippen LogP contribution in [-0.4, -0.2) is 26.6 Å². The molecular formula is C21H27ClN2O3S. The van der Waals surface area contributed by atoms with Crippen LogP contribution < -0.4 is 9.62 Å². The number of benzene rings is 2. The number of carbonyl (C=O) groups excluding carboxylic acids is 1. The fraction of sp³-hybridized carbons (Fsp3) is 0.381. The number of anilines is 1. The van der Waals surface area contributed by atoms with Gasteiger partial charge in [-0.1, -0.05) is 48.9 Å². The predicted molar refractivity (Wildman–Crippen MR) is 115 cm³/mol. The van der Waals surface area contributed by atoms with Crippen molar-refractivity contribution in [3.05, 3.63) is 64.2 Å². The van der Waals surface area contributed by atoms with Crippen LogP contribution in [0.4, 0.5) is 5.69 Å². The van der Waals surface area contributed by atoms with Gasteiger partial charge >= 0.3 is 0 Å². The summed E-state index contributed by atoms with van der Waals surface area (Å²) < 4.78 is 25.9. The zero-order valence-electron chi connectivity index (χ0n) is 16.9. The van der Waals surface area contributed by atoms with E-state index < -0.39 is 16.1 Å². The van der Waals surface area contributed by atoms with Crippen LogP contribution in [-0.2, 0) is 21.2 Å². The minimum atomic E-state index is -3.69. The number of aryl methyl sites for hydroxylation is 2. The average molecular weight is 423 g/mol. The molecule has 0 unspecified atom stereocenters. The van der Waals surface area contributed by atoms with Crippen molar-refractivity contribution in [2.75, 3.05) is 10.6 Å². The Bertz CT molecular complexity index is 943. The summed E-state index contributed by atoms with van der Waals surface area (Å²) >= 11 is 6.16. The van der Waals surface area contributed by atoms with E-state index in [0.29, 0.717) is 10.7 Å². The van der Waals surface area contributed by atoms with Gasteiger partial charge < -0.3 is 5.32 Å². The first kappa shape index (κ1) is 22.2. The Morgan fingerprint density at radius 1 is 1.14 bits per heavy atom. The first-order valence-corrected chi connectivity index (χ1v) is 11.4. The van der Waals surface area contributed by atoms with E-state index in [4.69, 9.17) is 11.6 Å². The second-order valence-corrected chi connectivity index (χ2v) is 9.26. The molecule has 0 aliphatic rings. The molecule has 0 spiro atoms. The van der Waals surface area contributed by atoms with Gasteiger partial charge in [-0.25, -0.2) is 8.42 Å². The lowest BCUT2D eigenvalue weighted by Crippen LogP contribution is -2.48. The SMILES string of the molecule is CCc1ccc([C@H](C)NC(=O)[C@H](C)N(c2ccc(C)c(Cl)c2)S(C)(=O)=O)cc1. The van der Waals surface area contributed by atoms with Gasteiger partial charge in [0, 0.05) is 5.02 Å². The van der Waals surface area contributed by atoms with Crippen LogP contribution in [0.3, 0.4) is 0 Å². The molecule has 0 radical (unpaired) electrons. The lowest BCUT2D eigenvalue weighted by molar-refractivity contribution is -0.122. The molecule has 0 aliphatic carbocycles. The monoisotopic (exact) mass is 422 g/mol. The van der Waals surface area contributed by atoms with Gasteiger partial charge in [0.15, 0.2) is 0 Å². The molecular weight excluding hydrogens is 396 g/mol. The Morgan fingerprint density at radius 3 is 2.25 bits per heavy atom. The van der Waals surface area contributed by atoms with Crippen molar-refractivity contribution >= 4 is 33.2 Å². The van der Waals surface area contributed by atoms with Crippen LogP contribution in [0.25, 0.3) is 0 Å². The maximum absolute atomic E-state index is 12.8. The van der Waals surface area contributed by atoms with E-state index in [2.05, 4.69) is 12.2 Å². The summed E-state index contributed by atoms with van der Waals surface area (Å²) in [5.41, 5.74) is 3.37. The zero-order valence-corrected chi connectivity index (χ0v) is 18.4. The van der Waals surface area contributed by atoms with E-state index in [9.17, 15) is 13.2 Å². The van der Waals surface area contributed by atoms with E-state index in [0.717, 1.165) is 28.1 Å². The van der Waals surface area contributed by atoms with Crippen molar-refractivity contribution in [2.24, 2.45) is 0 Å². The van der Waals surface area contributed by atoms with Gasteiger partial charge in [0.25, 0.3) is 0 Å². The van der Waals surface area contributed by atoms with Crippen molar-refractivity contribution in [3.63, 3.8) is 0 Å². The summed E-state index contributed by atoms with van der Waals surface area (Å²) in [5.74, 6) is -0.380. The van der Waals surface area contributed by atoms with Gasteiger partial charge in [0.05, 0.1) is 18.0 Å². The quantitative estimate of drug-likeness (QED) is 0.725. The van der Waals surface area contributed by atoms with Gasteiger partial charge in [-0.05, 0) is 56.0 Å². The van der Waals surface area contributed by atoms with Crippen molar-refractivity contribution in [1.82, 2.24) is 5.32 Å². The lowest BCUT2D eigenvalue weighted by Gasteiger charge is -2.29. The number of sulfonamides is 1. The normalized spacial score (nSPS) is 13.6. The van der Waals surface area contributed by atoms with Crippen molar-refractivity contribution in [3.8, 4) is 0 Å². The Balaban J connectivity index is 2.24. The zero-order chi connectivity index (χ0) is 21.1. The van der Waals surface area contributed by atoms with Crippen LogP contribution in [0.15, 0.2) is 42.5 Å². The summed E-state index contributed by atoms with van der Waals surface area (Å²) in [4.78, 5) is 12.8. The molecule has 0 fully saturated rings. The molecule has 0 aliphatic heterocycles. The highest BCUT2D eigenvalue weighted by Crippen LogP contribution is 2.27. The topological polar surface area (TPSA) is 66.5 Å². The first-order valence-electron chi connectivity index (χ1n) is 9.19. The molecule has 28 heavy (non-hydrogen) atoms. The second-order valence-electron chi connectivity index (χ2n) is 6.99. The summed E-state index contributed by atoms with van der Waals surface area (Å²) in [5, 5.41) is 3.35. The standard InChI is InChI=1S/C21H27ClN2O3S/c1-6-17-8-10-18(11-9-17)15(3)23-21(25)16(4)24(28(5,26)27)19-12-7-14(2)20(22)13-19/h7-13,15-16H,6H2,1-5H3,(H,23,25)/t15-,16-/m0/s1. The molecule has 7 heteroatoms. The molecule has 2 rings (SSSR count). The van der Waals surface area contributed by atoms with Crippen molar-refractivity contribution in [1.29, 1.82) is 0 Å². The van der Waals surface area contributed by atoms with E-state index >= 15 is 0 Å². The fourth-order valence-corrected chi connectivity index (χ4v) is 4.33. The number of halogens is 1. The number of rotatable bonds is 7. The average Bonchev–Trinajstić information content (AvgIpc) is 2.63. The smallest absolute Gasteiger partial charge is 0.244 e. The molecule has 0 saturated heterocycles. The summed E-state index contributed by atoms with van der Waals surface area (Å²) in [6.45, 7) is 7.35. The molecule has 2 aromatic rings. The van der Waals surface area contributed by atoms with E-state index in [1.807, 2.05) is 38.1 Å². The van der Waals surface area contributed by atoms with E-state index in [1.54, 1.807) is 25.1 Å². The molecule has 1 amide bonds. The van der Waals surface area contributed by atoms with Crippen LogP contribution in [0.5, 0.6) is 0 Å². The molecule has 1 N–H and O–H groups in total. The number of nitrogens with one attached hydrogen (secondary N) is 1. The van der Waals surface area contributed by atoms with Gasteiger partial charge in [-0.3, -0.25) is 9.10 Å².